The molecule has 2 aliphatic carbocycles. The van der Waals surface area contributed by atoms with Crippen LogP contribution in [0.4, 0.5) is 0 Å². The molecule has 1 heterocycles. The number of H-pyrrole nitrogens is 1. The summed E-state index contributed by atoms with van der Waals surface area (Å²) in [5.41, 5.74) is 3.47. The Bertz CT molecular complexity index is 958. The maximum atomic E-state index is 13.0. The standard InChI is InChI=1S/C20H27N3O3S/c1-23(13-20(24)21-14-6-2-3-7-14)27(25,26)15-10-11-19-17(12-15)16-8-4-5-9-18(16)22-19/h10-12,14,22H,2-9,13H2,1H3,(H,21,24). The Hall–Kier alpha value is -1.86. The van der Waals surface area contributed by atoms with Crippen LogP contribution in [0.5, 0.6) is 0 Å². The number of aromatic nitrogens is 1. The monoisotopic (exact) mass is 389 g/mol. The molecule has 0 aliphatic heterocycles. The van der Waals surface area contributed by atoms with E-state index < -0.39 is 10.0 Å². The van der Waals surface area contributed by atoms with Crippen LogP contribution in [0.3, 0.4) is 0 Å². The molecule has 146 valence electrons. The summed E-state index contributed by atoms with van der Waals surface area (Å²) in [4.78, 5) is 15.9. The SMILES string of the molecule is CN(CC(=O)NC1CCCC1)S(=O)(=O)c1ccc2[nH]c3c(c2c1)CCCC3. The fourth-order valence-corrected chi connectivity index (χ4v) is 5.51. The first-order chi connectivity index (χ1) is 12.9. The summed E-state index contributed by atoms with van der Waals surface area (Å²) in [5, 5.41) is 3.94. The number of hydrogen-bond acceptors (Lipinski definition) is 3. The van der Waals surface area contributed by atoms with E-state index in [1.165, 1.54) is 24.7 Å². The van der Waals surface area contributed by atoms with Crippen LogP contribution < -0.4 is 5.32 Å². The Morgan fingerprint density at radius 1 is 1.19 bits per heavy atom. The van der Waals surface area contributed by atoms with Gasteiger partial charge in [-0.3, -0.25) is 4.79 Å². The lowest BCUT2D eigenvalue weighted by Crippen LogP contribution is -2.41. The maximum absolute atomic E-state index is 13.0. The molecule has 1 amide bonds. The van der Waals surface area contributed by atoms with Gasteiger partial charge in [0.05, 0.1) is 11.4 Å². The van der Waals surface area contributed by atoms with Gasteiger partial charge in [-0.15, -0.1) is 0 Å². The number of rotatable bonds is 5. The number of nitrogens with zero attached hydrogens (tertiary/aromatic N) is 1. The molecule has 6 nitrogen and oxygen atoms in total. The second kappa shape index (κ2) is 7.28. The first-order valence-corrected chi connectivity index (χ1v) is 11.3. The van der Waals surface area contributed by atoms with Crippen molar-refractivity contribution in [1.29, 1.82) is 0 Å². The highest BCUT2D eigenvalue weighted by molar-refractivity contribution is 7.89. The molecule has 2 N–H and O–H groups in total. The van der Waals surface area contributed by atoms with Crippen LogP contribution in [0.2, 0.25) is 0 Å². The molecular formula is C20H27N3O3S. The van der Waals surface area contributed by atoms with E-state index in [1.807, 2.05) is 6.07 Å². The first-order valence-electron chi connectivity index (χ1n) is 9.84. The third-order valence-electron chi connectivity index (χ3n) is 5.86. The molecule has 1 aromatic heterocycles. The van der Waals surface area contributed by atoms with Crippen LogP contribution in [0.25, 0.3) is 10.9 Å². The van der Waals surface area contributed by atoms with Crippen molar-refractivity contribution in [3.8, 4) is 0 Å². The lowest BCUT2D eigenvalue weighted by Gasteiger charge is -2.19. The Morgan fingerprint density at radius 3 is 2.70 bits per heavy atom. The first kappa shape index (κ1) is 18.5. The Balaban J connectivity index is 1.54. The van der Waals surface area contributed by atoms with E-state index in [9.17, 15) is 13.2 Å². The van der Waals surface area contributed by atoms with E-state index in [4.69, 9.17) is 0 Å². The highest BCUT2D eigenvalue weighted by atomic mass is 32.2. The van der Waals surface area contributed by atoms with Crippen LogP contribution in [0.1, 0.15) is 49.8 Å². The van der Waals surface area contributed by atoms with Gasteiger partial charge in [-0.1, -0.05) is 12.8 Å². The van der Waals surface area contributed by atoms with Gasteiger partial charge in [0.2, 0.25) is 15.9 Å². The summed E-state index contributed by atoms with van der Waals surface area (Å²) < 4.78 is 27.1. The van der Waals surface area contributed by atoms with Gasteiger partial charge in [0.15, 0.2) is 0 Å². The third kappa shape index (κ3) is 3.62. The molecular weight excluding hydrogens is 362 g/mol. The number of carbonyl (C=O) groups excluding carboxylic acids is 1. The largest absolute Gasteiger partial charge is 0.358 e. The van der Waals surface area contributed by atoms with Gasteiger partial charge in [-0.05, 0) is 62.3 Å². The molecule has 7 heteroatoms. The van der Waals surface area contributed by atoms with E-state index in [0.717, 1.165) is 60.2 Å². The smallest absolute Gasteiger partial charge is 0.243 e. The van der Waals surface area contributed by atoms with Crippen molar-refractivity contribution in [2.45, 2.75) is 62.3 Å². The van der Waals surface area contributed by atoms with Gasteiger partial charge in [-0.2, -0.15) is 4.31 Å². The molecule has 4 rings (SSSR count). The van der Waals surface area contributed by atoms with Crippen LogP contribution in [0.15, 0.2) is 23.1 Å². The minimum atomic E-state index is -3.70. The molecule has 0 bridgehead atoms. The molecule has 1 fully saturated rings. The minimum absolute atomic E-state index is 0.151. The van der Waals surface area contributed by atoms with E-state index >= 15 is 0 Å². The van der Waals surface area contributed by atoms with Crippen LogP contribution in [-0.2, 0) is 27.7 Å². The zero-order valence-corrected chi connectivity index (χ0v) is 16.6. The molecule has 27 heavy (non-hydrogen) atoms. The van der Waals surface area contributed by atoms with Crippen molar-refractivity contribution < 1.29 is 13.2 Å². The van der Waals surface area contributed by atoms with Crippen molar-refractivity contribution >= 4 is 26.8 Å². The van der Waals surface area contributed by atoms with Gasteiger partial charge in [0.1, 0.15) is 0 Å². The summed E-state index contributed by atoms with van der Waals surface area (Å²) in [7, 11) is -2.23. The number of amides is 1. The van der Waals surface area contributed by atoms with E-state index in [-0.39, 0.29) is 23.4 Å². The number of aryl methyl sites for hydroxylation is 2. The van der Waals surface area contributed by atoms with E-state index in [2.05, 4.69) is 10.3 Å². The maximum Gasteiger partial charge on any atom is 0.243 e. The lowest BCUT2D eigenvalue weighted by atomic mass is 9.96. The molecule has 1 saturated carbocycles. The van der Waals surface area contributed by atoms with Gasteiger partial charge in [-0.25, -0.2) is 8.42 Å². The minimum Gasteiger partial charge on any atom is -0.358 e. The average molecular weight is 390 g/mol. The van der Waals surface area contributed by atoms with Crippen molar-refractivity contribution in [3.63, 3.8) is 0 Å². The summed E-state index contributed by atoms with van der Waals surface area (Å²) in [6.07, 6.45) is 8.53. The molecule has 0 radical (unpaired) electrons. The second-order valence-electron chi connectivity index (χ2n) is 7.81. The average Bonchev–Trinajstić information content (AvgIpc) is 3.28. The van der Waals surface area contributed by atoms with Crippen molar-refractivity contribution in [3.05, 3.63) is 29.5 Å². The van der Waals surface area contributed by atoms with Crippen LogP contribution >= 0.6 is 0 Å². The third-order valence-corrected chi connectivity index (χ3v) is 7.66. The van der Waals surface area contributed by atoms with Crippen LogP contribution in [0, 0.1) is 0 Å². The number of likely N-dealkylation sites (N-methyl/N-ethyl adjacent to an activating group) is 1. The quantitative estimate of drug-likeness (QED) is 0.825. The number of sulfonamides is 1. The van der Waals surface area contributed by atoms with E-state index in [0.29, 0.717) is 0 Å². The molecule has 2 aliphatic rings. The molecule has 0 saturated heterocycles. The number of carbonyl (C=O) groups is 1. The lowest BCUT2D eigenvalue weighted by molar-refractivity contribution is -0.121. The van der Waals surface area contributed by atoms with Gasteiger partial charge in [0, 0.05) is 29.7 Å². The highest BCUT2D eigenvalue weighted by Crippen LogP contribution is 2.31. The summed E-state index contributed by atoms with van der Waals surface area (Å²) in [6.45, 7) is -0.151. The van der Waals surface area contributed by atoms with Gasteiger partial charge >= 0.3 is 0 Å². The fraction of sp³-hybridized carbons (Fsp3) is 0.550. The molecule has 1 aromatic carbocycles. The normalized spacial score (nSPS) is 18.1. The molecule has 0 atom stereocenters. The summed E-state index contributed by atoms with van der Waals surface area (Å²) in [5.74, 6) is -0.229. The Kier molecular flexibility index (Phi) is 4.99. The van der Waals surface area contributed by atoms with Crippen molar-refractivity contribution in [1.82, 2.24) is 14.6 Å². The predicted octanol–water partition coefficient (Wildman–Crippen LogP) is 2.73. The Morgan fingerprint density at radius 2 is 1.93 bits per heavy atom. The predicted molar refractivity (Wildman–Crippen MR) is 105 cm³/mol. The van der Waals surface area contributed by atoms with Crippen LogP contribution in [-0.4, -0.2) is 43.2 Å². The zero-order chi connectivity index (χ0) is 19.0. The summed E-state index contributed by atoms with van der Waals surface area (Å²) >= 11 is 0. The van der Waals surface area contributed by atoms with Gasteiger partial charge < -0.3 is 10.3 Å². The number of aromatic amines is 1. The fourth-order valence-electron chi connectivity index (χ4n) is 4.36. The van der Waals surface area contributed by atoms with Crippen molar-refractivity contribution in [2.24, 2.45) is 0 Å². The zero-order valence-electron chi connectivity index (χ0n) is 15.8. The highest BCUT2D eigenvalue weighted by Gasteiger charge is 2.26. The topological polar surface area (TPSA) is 82.3 Å². The van der Waals surface area contributed by atoms with Crippen molar-refractivity contribution in [2.75, 3.05) is 13.6 Å². The summed E-state index contributed by atoms with van der Waals surface area (Å²) in [6, 6.07) is 5.42. The molecule has 0 unspecified atom stereocenters. The number of benzene rings is 1. The second-order valence-corrected chi connectivity index (χ2v) is 9.85. The molecule has 2 aromatic rings. The van der Waals surface area contributed by atoms with Gasteiger partial charge in [0.25, 0.3) is 0 Å². The number of hydrogen-bond donors (Lipinski definition) is 2. The van der Waals surface area contributed by atoms with E-state index in [1.54, 1.807) is 12.1 Å². The number of nitrogens with one attached hydrogen (secondary N) is 2. The number of fused-ring (bicyclic) bond motifs is 3. The molecule has 0 spiro atoms. The Labute approximate surface area is 160 Å².